The lowest BCUT2D eigenvalue weighted by atomic mass is 10.1. The fourth-order valence-electron chi connectivity index (χ4n) is 1.37. The van der Waals surface area contributed by atoms with Gasteiger partial charge in [0, 0.05) is 35.9 Å². The van der Waals surface area contributed by atoms with Crippen LogP contribution in [-0.2, 0) is 0 Å². The molecule has 0 saturated carbocycles. The molecule has 2 aromatic heterocycles. The van der Waals surface area contributed by atoms with Gasteiger partial charge in [-0.3, -0.25) is 9.97 Å². The summed E-state index contributed by atoms with van der Waals surface area (Å²) in [6, 6.07) is 3.55. The SMILES string of the molecule is C#Cc1cnccc1C#Cc1ccncc1C#C. The first-order chi connectivity index (χ1) is 8.85. The number of aromatic nitrogens is 2. The number of pyridine rings is 2. The van der Waals surface area contributed by atoms with Crippen molar-refractivity contribution in [2.75, 3.05) is 0 Å². The Balaban J connectivity index is 2.45. The molecule has 0 aromatic carbocycles. The summed E-state index contributed by atoms with van der Waals surface area (Å²) in [5.41, 5.74) is 2.85. The molecule has 0 unspecified atom stereocenters. The van der Waals surface area contributed by atoms with E-state index in [2.05, 4.69) is 33.6 Å². The fraction of sp³-hybridized carbons (Fsp3) is 0. The molecule has 0 fully saturated rings. The van der Waals surface area contributed by atoms with Crippen LogP contribution in [0.15, 0.2) is 36.9 Å². The van der Waals surface area contributed by atoms with Crippen molar-refractivity contribution >= 4 is 0 Å². The van der Waals surface area contributed by atoms with E-state index in [1.165, 1.54) is 0 Å². The van der Waals surface area contributed by atoms with E-state index in [1.54, 1.807) is 36.9 Å². The minimum absolute atomic E-state index is 0.668. The largest absolute Gasteiger partial charge is 0.263 e. The van der Waals surface area contributed by atoms with Crippen molar-refractivity contribution in [2.45, 2.75) is 0 Å². The van der Waals surface area contributed by atoms with E-state index in [4.69, 9.17) is 12.8 Å². The maximum absolute atomic E-state index is 5.38. The summed E-state index contributed by atoms with van der Waals surface area (Å²) < 4.78 is 0. The third-order valence-corrected chi connectivity index (χ3v) is 2.28. The highest BCUT2D eigenvalue weighted by Gasteiger charge is 1.97. The average Bonchev–Trinajstić information content (AvgIpc) is 2.45. The van der Waals surface area contributed by atoms with Crippen LogP contribution in [0.1, 0.15) is 22.3 Å². The molecule has 0 atom stereocenters. The smallest absolute Gasteiger partial charge is 0.0582 e. The van der Waals surface area contributed by atoms with Gasteiger partial charge in [-0.25, -0.2) is 0 Å². The second kappa shape index (κ2) is 5.35. The normalized spacial score (nSPS) is 8.56. The minimum atomic E-state index is 0.668. The molecule has 82 valence electrons. The number of hydrogen-bond donors (Lipinski definition) is 0. The number of rotatable bonds is 0. The van der Waals surface area contributed by atoms with Crippen molar-refractivity contribution in [3.8, 4) is 36.5 Å². The maximum Gasteiger partial charge on any atom is 0.0582 e. The lowest BCUT2D eigenvalue weighted by Crippen LogP contribution is -1.87. The molecule has 18 heavy (non-hydrogen) atoms. The van der Waals surface area contributed by atoms with Gasteiger partial charge in [0.15, 0.2) is 0 Å². The van der Waals surface area contributed by atoms with Crippen molar-refractivity contribution in [2.24, 2.45) is 0 Å². The molecular weight excluding hydrogens is 220 g/mol. The monoisotopic (exact) mass is 228 g/mol. The second-order valence-electron chi connectivity index (χ2n) is 3.38. The molecule has 0 bridgehead atoms. The molecule has 0 aliphatic carbocycles. The average molecular weight is 228 g/mol. The first kappa shape index (κ1) is 11.5. The highest BCUT2D eigenvalue weighted by Crippen LogP contribution is 2.06. The molecule has 2 aromatic rings. The topological polar surface area (TPSA) is 25.8 Å². The van der Waals surface area contributed by atoms with Crippen LogP contribution in [0.3, 0.4) is 0 Å². The minimum Gasteiger partial charge on any atom is -0.263 e. The van der Waals surface area contributed by atoms with Gasteiger partial charge in [0.1, 0.15) is 0 Å². The van der Waals surface area contributed by atoms with Crippen LogP contribution < -0.4 is 0 Å². The van der Waals surface area contributed by atoms with E-state index in [1.807, 2.05) is 0 Å². The van der Waals surface area contributed by atoms with Crippen LogP contribution in [0.25, 0.3) is 0 Å². The van der Waals surface area contributed by atoms with Crippen LogP contribution in [-0.4, -0.2) is 9.97 Å². The van der Waals surface area contributed by atoms with Crippen molar-refractivity contribution in [1.82, 2.24) is 9.97 Å². The van der Waals surface area contributed by atoms with Crippen molar-refractivity contribution in [1.29, 1.82) is 0 Å². The molecule has 0 radical (unpaired) electrons. The molecule has 0 N–H and O–H groups in total. The fourth-order valence-corrected chi connectivity index (χ4v) is 1.37. The number of hydrogen-bond acceptors (Lipinski definition) is 2. The Kier molecular flexibility index (Phi) is 3.41. The zero-order valence-electron chi connectivity index (χ0n) is 9.51. The van der Waals surface area contributed by atoms with Crippen LogP contribution in [0.2, 0.25) is 0 Å². The summed E-state index contributed by atoms with van der Waals surface area (Å²) in [5.74, 6) is 11.1. The summed E-state index contributed by atoms with van der Waals surface area (Å²) >= 11 is 0. The van der Waals surface area contributed by atoms with Gasteiger partial charge in [0.25, 0.3) is 0 Å². The zero-order chi connectivity index (χ0) is 12.8. The lowest BCUT2D eigenvalue weighted by Gasteiger charge is -1.95. The molecular formula is C16H8N2. The van der Waals surface area contributed by atoms with Crippen molar-refractivity contribution < 1.29 is 0 Å². The Morgan fingerprint density at radius 3 is 1.56 bits per heavy atom. The van der Waals surface area contributed by atoms with Gasteiger partial charge in [-0.15, -0.1) is 12.8 Å². The molecule has 2 rings (SSSR count). The van der Waals surface area contributed by atoms with Gasteiger partial charge in [-0.05, 0) is 12.1 Å². The van der Waals surface area contributed by atoms with Gasteiger partial charge in [0.2, 0.25) is 0 Å². The van der Waals surface area contributed by atoms with Gasteiger partial charge in [-0.2, -0.15) is 0 Å². The quantitative estimate of drug-likeness (QED) is 0.643. The highest BCUT2D eigenvalue weighted by atomic mass is 14.6. The Bertz CT molecular complexity index is 657. The summed E-state index contributed by atoms with van der Waals surface area (Å²) in [5, 5.41) is 0. The molecule has 0 aliphatic heterocycles. The second-order valence-corrected chi connectivity index (χ2v) is 3.38. The molecule has 2 nitrogen and oxygen atoms in total. The van der Waals surface area contributed by atoms with Crippen LogP contribution in [0.5, 0.6) is 0 Å². The lowest BCUT2D eigenvalue weighted by molar-refractivity contribution is 1.30. The molecule has 0 aliphatic rings. The van der Waals surface area contributed by atoms with E-state index in [0.717, 1.165) is 11.1 Å². The zero-order valence-corrected chi connectivity index (χ0v) is 9.51. The predicted molar refractivity (Wildman–Crippen MR) is 70.3 cm³/mol. The maximum atomic E-state index is 5.38. The molecule has 2 heteroatoms. The van der Waals surface area contributed by atoms with E-state index >= 15 is 0 Å². The summed E-state index contributed by atoms with van der Waals surface area (Å²) in [4.78, 5) is 7.90. The number of nitrogens with zero attached hydrogens (tertiary/aromatic N) is 2. The highest BCUT2D eigenvalue weighted by molar-refractivity contribution is 5.54. The van der Waals surface area contributed by atoms with E-state index in [0.29, 0.717) is 11.1 Å². The van der Waals surface area contributed by atoms with Crippen LogP contribution in [0.4, 0.5) is 0 Å². The summed E-state index contributed by atoms with van der Waals surface area (Å²) in [7, 11) is 0. The Hall–Kier alpha value is -3.02. The van der Waals surface area contributed by atoms with E-state index < -0.39 is 0 Å². The molecule has 0 amide bonds. The summed E-state index contributed by atoms with van der Waals surface area (Å²) in [6.07, 6.45) is 17.3. The van der Waals surface area contributed by atoms with Gasteiger partial charge >= 0.3 is 0 Å². The molecule has 2 heterocycles. The number of terminal acetylenes is 2. The van der Waals surface area contributed by atoms with E-state index in [9.17, 15) is 0 Å². The molecule has 0 saturated heterocycles. The summed E-state index contributed by atoms with van der Waals surface area (Å²) in [6.45, 7) is 0. The van der Waals surface area contributed by atoms with Gasteiger partial charge in [-0.1, -0.05) is 23.7 Å². The van der Waals surface area contributed by atoms with Gasteiger partial charge < -0.3 is 0 Å². The van der Waals surface area contributed by atoms with Crippen LogP contribution in [0, 0.1) is 36.5 Å². The van der Waals surface area contributed by atoms with Crippen molar-refractivity contribution in [3.63, 3.8) is 0 Å². The first-order valence-electron chi connectivity index (χ1n) is 5.18. The van der Waals surface area contributed by atoms with Crippen molar-refractivity contribution in [3.05, 3.63) is 59.2 Å². The van der Waals surface area contributed by atoms with E-state index in [-0.39, 0.29) is 0 Å². The van der Waals surface area contributed by atoms with Gasteiger partial charge in [0.05, 0.1) is 11.1 Å². The Morgan fingerprint density at radius 1 is 0.722 bits per heavy atom. The first-order valence-corrected chi connectivity index (χ1v) is 5.18. The Labute approximate surface area is 106 Å². The molecule has 0 spiro atoms. The third kappa shape index (κ3) is 2.38. The third-order valence-electron chi connectivity index (χ3n) is 2.28. The van der Waals surface area contributed by atoms with Crippen LogP contribution >= 0.6 is 0 Å². The Morgan fingerprint density at radius 2 is 1.17 bits per heavy atom. The predicted octanol–water partition coefficient (Wildman–Crippen LogP) is 1.84. The standard InChI is InChI=1S/C16H8N2/c1-3-13-11-17-9-7-15(13)5-6-16-8-10-18-12-14(16)4-2/h1-2,7-12H.